The van der Waals surface area contributed by atoms with E-state index >= 15 is 0 Å². The van der Waals surface area contributed by atoms with Gasteiger partial charge in [-0.2, -0.15) is 0 Å². The summed E-state index contributed by atoms with van der Waals surface area (Å²) < 4.78 is 11.1. The quantitative estimate of drug-likeness (QED) is 0.818. The van der Waals surface area contributed by atoms with Crippen LogP contribution < -0.4 is 5.32 Å². The van der Waals surface area contributed by atoms with Gasteiger partial charge in [0.25, 0.3) is 0 Å². The largest absolute Gasteiger partial charge is 0.463 e. The molecular weight excluding hydrogens is 264 g/mol. The van der Waals surface area contributed by atoms with Crippen molar-refractivity contribution in [2.24, 2.45) is 0 Å². The van der Waals surface area contributed by atoms with Crippen LogP contribution in [-0.2, 0) is 17.8 Å². The molecule has 2 rings (SSSR count). The van der Waals surface area contributed by atoms with Gasteiger partial charge in [-0.25, -0.2) is 0 Å². The molecule has 118 valence electrons. The van der Waals surface area contributed by atoms with E-state index in [-0.39, 0.29) is 5.54 Å². The van der Waals surface area contributed by atoms with Gasteiger partial charge in [0.15, 0.2) is 0 Å². The van der Waals surface area contributed by atoms with E-state index in [9.17, 15) is 0 Å². The van der Waals surface area contributed by atoms with Crippen molar-refractivity contribution in [2.45, 2.75) is 45.8 Å². The lowest BCUT2D eigenvalue weighted by Gasteiger charge is -2.25. The maximum Gasteiger partial charge on any atom is 0.118 e. The minimum atomic E-state index is 0.113. The molecule has 0 saturated heterocycles. The summed E-state index contributed by atoms with van der Waals surface area (Å²) in [5, 5.41) is 3.44. The van der Waals surface area contributed by atoms with E-state index in [0.29, 0.717) is 0 Å². The molecule has 0 bridgehead atoms. The third kappa shape index (κ3) is 5.65. The van der Waals surface area contributed by atoms with E-state index in [4.69, 9.17) is 9.15 Å². The summed E-state index contributed by atoms with van der Waals surface area (Å²) in [6.07, 6.45) is 3.37. The molecule has 0 spiro atoms. The third-order valence-electron chi connectivity index (χ3n) is 3.61. The van der Waals surface area contributed by atoms with Crippen molar-refractivity contribution in [3.05, 3.63) is 35.3 Å². The predicted octanol–water partition coefficient (Wildman–Crippen LogP) is 2.95. The number of rotatable bonds is 6. The molecule has 1 aliphatic rings. The van der Waals surface area contributed by atoms with Crippen LogP contribution in [0.4, 0.5) is 0 Å². The fourth-order valence-electron chi connectivity index (χ4n) is 2.39. The zero-order valence-electron chi connectivity index (χ0n) is 13.7. The molecular formula is C17H28N2O2. The first-order valence-electron chi connectivity index (χ1n) is 7.68. The Kier molecular flexibility index (Phi) is 5.62. The molecule has 1 aromatic heterocycles. The van der Waals surface area contributed by atoms with Crippen LogP contribution in [-0.4, -0.2) is 37.2 Å². The molecule has 21 heavy (non-hydrogen) atoms. The second-order valence-corrected chi connectivity index (χ2v) is 6.75. The van der Waals surface area contributed by atoms with Crippen LogP contribution in [0, 0.1) is 0 Å². The van der Waals surface area contributed by atoms with Crippen LogP contribution in [0.1, 0.15) is 38.7 Å². The van der Waals surface area contributed by atoms with Gasteiger partial charge in [0.1, 0.15) is 11.5 Å². The molecule has 1 aromatic rings. The molecule has 1 N–H and O–H groups in total. The van der Waals surface area contributed by atoms with Crippen LogP contribution in [0.25, 0.3) is 0 Å². The van der Waals surface area contributed by atoms with Crippen molar-refractivity contribution in [3.8, 4) is 0 Å². The summed E-state index contributed by atoms with van der Waals surface area (Å²) in [4.78, 5) is 2.40. The summed E-state index contributed by atoms with van der Waals surface area (Å²) >= 11 is 0. The lowest BCUT2D eigenvalue weighted by Crippen LogP contribution is -2.34. The summed E-state index contributed by atoms with van der Waals surface area (Å²) in [6.45, 7) is 11.0. The van der Waals surface area contributed by atoms with Gasteiger partial charge < -0.3 is 14.5 Å². The number of methoxy groups -OCH3 is 1. The fraction of sp³-hybridized carbons (Fsp3) is 0.647. The van der Waals surface area contributed by atoms with Gasteiger partial charge in [-0.05, 0) is 44.9 Å². The summed E-state index contributed by atoms with van der Waals surface area (Å²) in [7, 11) is 1.75. The zero-order chi connectivity index (χ0) is 15.3. The second-order valence-electron chi connectivity index (χ2n) is 6.75. The molecule has 2 heterocycles. The predicted molar refractivity (Wildman–Crippen MR) is 85.2 cm³/mol. The zero-order valence-corrected chi connectivity index (χ0v) is 13.7. The maximum absolute atomic E-state index is 5.91. The Morgan fingerprint density at radius 2 is 2.05 bits per heavy atom. The lowest BCUT2D eigenvalue weighted by atomic mass is 10.1. The van der Waals surface area contributed by atoms with Gasteiger partial charge in [-0.1, -0.05) is 6.08 Å². The average molecular weight is 292 g/mol. The minimum Gasteiger partial charge on any atom is -0.463 e. The lowest BCUT2D eigenvalue weighted by molar-refractivity contribution is 0.206. The highest BCUT2D eigenvalue weighted by molar-refractivity contribution is 5.11. The summed E-state index contributed by atoms with van der Waals surface area (Å²) in [6, 6.07) is 4.16. The SMILES string of the molecule is COCC1=CCN(Cc2ccc(CNC(C)(C)C)o2)CC1. The number of nitrogens with one attached hydrogen (secondary N) is 1. The Hall–Kier alpha value is -1.10. The van der Waals surface area contributed by atoms with Crippen molar-refractivity contribution < 1.29 is 9.15 Å². The van der Waals surface area contributed by atoms with E-state index < -0.39 is 0 Å². The normalized spacial score (nSPS) is 17.0. The Balaban J connectivity index is 1.81. The van der Waals surface area contributed by atoms with Gasteiger partial charge in [0, 0.05) is 25.7 Å². The first kappa shape index (κ1) is 16.3. The molecule has 0 aromatic carbocycles. The van der Waals surface area contributed by atoms with Crippen LogP contribution in [0.5, 0.6) is 0 Å². The van der Waals surface area contributed by atoms with Gasteiger partial charge in [0.05, 0.1) is 19.7 Å². The minimum absolute atomic E-state index is 0.113. The average Bonchev–Trinajstić information content (AvgIpc) is 2.86. The fourth-order valence-corrected chi connectivity index (χ4v) is 2.39. The molecule has 0 saturated carbocycles. The van der Waals surface area contributed by atoms with Crippen LogP contribution in [0.15, 0.2) is 28.2 Å². The van der Waals surface area contributed by atoms with Gasteiger partial charge in [-0.3, -0.25) is 4.90 Å². The molecule has 0 unspecified atom stereocenters. The van der Waals surface area contributed by atoms with E-state index in [0.717, 1.165) is 50.7 Å². The Bertz CT molecular complexity index is 471. The Morgan fingerprint density at radius 3 is 2.67 bits per heavy atom. The van der Waals surface area contributed by atoms with E-state index in [2.05, 4.69) is 49.2 Å². The van der Waals surface area contributed by atoms with E-state index in [1.807, 2.05) is 0 Å². The number of hydrogen-bond donors (Lipinski definition) is 1. The first-order chi connectivity index (χ1) is 9.96. The van der Waals surface area contributed by atoms with Gasteiger partial charge in [0.2, 0.25) is 0 Å². The molecule has 0 amide bonds. The Morgan fingerprint density at radius 1 is 1.29 bits per heavy atom. The highest BCUT2D eigenvalue weighted by atomic mass is 16.5. The summed E-state index contributed by atoms with van der Waals surface area (Å²) in [5.41, 5.74) is 1.52. The van der Waals surface area contributed by atoms with E-state index in [1.165, 1.54) is 5.57 Å². The molecule has 0 atom stereocenters. The number of hydrogen-bond acceptors (Lipinski definition) is 4. The molecule has 0 aliphatic carbocycles. The number of ether oxygens (including phenoxy) is 1. The van der Waals surface area contributed by atoms with Crippen molar-refractivity contribution in [1.29, 1.82) is 0 Å². The first-order valence-corrected chi connectivity index (χ1v) is 7.68. The van der Waals surface area contributed by atoms with Crippen LogP contribution in [0.2, 0.25) is 0 Å². The van der Waals surface area contributed by atoms with Crippen molar-refractivity contribution in [2.75, 3.05) is 26.8 Å². The van der Waals surface area contributed by atoms with Crippen molar-refractivity contribution >= 4 is 0 Å². The third-order valence-corrected chi connectivity index (χ3v) is 3.61. The van der Waals surface area contributed by atoms with Crippen LogP contribution in [0.3, 0.4) is 0 Å². The highest BCUT2D eigenvalue weighted by Gasteiger charge is 2.14. The number of furan rings is 1. The van der Waals surface area contributed by atoms with E-state index in [1.54, 1.807) is 7.11 Å². The maximum atomic E-state index is 5.91. The summed E-state index contributed by atoms with van der Waals surface area (Å²) in [5.74, 6) is 2.05. The topological polar surface area (TPSA) is 37.6 Å². The second kappa shape index (κ2) is 7.25. The highest BCUT2D eigenvalue weighted by Crippen LogP contribution is 2.16. The van der Waals surface area contributed by atoms with Crippen molar-refractivity contribution in [1.82, 2.24) is 10.2 Å². The van der Waals surface area contributed by atoms with Crippen molar-refractivity contribution in [3.63, 3.8) is 0 Å². The van der Waals surface area contributed by atoms with Crippen LogP contribution >= 0.6 is 0 Å². The van der Waals surface area contributed by atoms with Gasteiger partial charge in [-0.15, -0.1) is 0 Å². The molecule has 1 aliphatic heterocycles. The monoisotopic (exact) mass is 292 g/mol. The Labute approximate surface area is 128 Å². The smallest absolute Gasteiger partial charge is 0.118 e. The molecule has 0 fully saturated rings. The number of nitrogens with zero attached hydrogens (tertiary/aromatic N) is 1. The standard InChI is InChI=1S/C17H28N2O2/c1-17(2,3)18-11-15-5-6-16(21-15)12-19-9-7-14(8-10-19)13-20-4/h5-7,18H,8-13H2,1-4H3. The van der Waals surface area contributed by atoms with Gasteiger partial charge >= 0.3 is 0 Å². The molecule has 4 heteroatoms. The molecule has 0 radical (unpaired) electrons. The molecule has 4 nitrogen and oxygen atoms in total.